The number of thiophene rings is 1. The van der Waals surface area contributed by atoms with Gasteiger partial charge in [0.2, 0.25) is 11.0 Å². The summed E-state index contributed by atoms with van der Waals surface area (Å²) in [6.45, 7) is 4.59. The number of carbonyl (C=O) groups excluding carboxylic acids is 1. The molecule has 2 aromatic heterocycles. The van der Waals surface area contributed by atoms with E-state index in [1.165, 1.54) is 23.1 Å². The number of hydrogen-bond acceptors (Lipinski definition) is 10. The molecular formula is C21H22N4O4S3. The van der Waals surface area contributed by atoms with Crippen molar-refractivity contribution >= 4 is 51.2 Å². The van der Waals surface area contributed by atoms with E-state index in [1.54, 1.807) is 16.2 Å². The highest BCUT2D eigenvalue weighted by Gasteiger charge is 2.22. The molecule has 3 aromatic rings. The number of ether oxygens (including phenoxy) is 3. The lowest BCUT2D eigenvalue weighted by atomic mass is 10.2. The topological polar surface area (TPSA) is 77.0 Å². The SMILES string of the molecule is O=C(CSc1nnc(N2CCOCC2)s1)N(Cc1cccs1)c1ccc2c(c1)OCCO2. The normalized spacial score (nSPS) is 15.6. The first kappa shape index (κ1) is 21.5. The van der Waals surface area contributed by atoms with E-state index in [4.69, 9.17) is 14.2 Å². The number of fused-ring (bicyclic) bond motifs is 1. The second-order valence-corrected chi connectivity index (χ2v) is 10.3. The molecule has 8 nitrogen and oxygen atoms in total. The van der Waals surface area contributed by atoms with Crippen LogP contribution in [0.2, 0.25) is 0 Å². The molecule has 0 unspecified atom stereocenters. The highest BCUT2D eigenvalue weighted by molar-refractivity contribution is 8.01. The van der Waals surface area contributed by atoms with Gasteiger partial charge in [0, 0.05) is 29.7 Å². The zero-order valence-electron chi connectivity index (χ0n) is 17.3. The standard InChI is InChI=1S/C21H22N4O4S3/c26-19(14-31-21-23-22-20(32-21)24-5-7-27-8-6-24)25(13-16-2-1-11-30-16)15-3-4-17-18(12-15)29-10-9-28-17/h1-4,11-12H,5-10,13-14H2. The third-order valence-corrected chi connectivity index (χ3v) is 7.99. The molecule has 0 radical (unpaired) electrons. The third kappa shape index (κ3) is 5.01. The van der Waals surface area contributed by atoms with Gasteiger partial charge in [0.05, 0.1) is 25.5 Å². The van der Waals surface area contributed by atoms with Crippen LogP contribution >= 0.6 is 34.4 Å². The van der Waals surface area contributed by atoms with Crippen molar-refractivity contribution in [1.29, 1.82) is 0 Å². The van der Waals surface area contributed by atoms with Crippen LogP contribution < -0.4 is 19.3 Å². The van der Waals surface area contributed by atoms with Crippen molar-refractivity contribution in [2.75, 3.05) is 55.1 Å². The van der Waals surface area contributed by atoms with E-state index in [1.807, 2.05) is 35.7 Å². The molecule has 1 amide bonds. The predicted molar refractivity (Wildman–Crippen MR) is 127 cm³/mol. The number of morpholine rings is 1. The zero-order chi connectivity index (χ0) is 21.8. The summed E-state index contributed by atoms with van der Waals surface area (Å²) < 4.78 is 17.5. The minimum Gasteiger partial charge on any atom is -0.486 e. The van der Waals surface area contributed by atoms with Crippen LogP contribution in [0.1, 0.15) is 4.88 Å². The fourth-order valence-electron chi connectivity index (χ4n) is 3.43. The van der Waals surface area contributed by atoms with Gasteiger partial charge in [-0.1, -0.05) is 29.2 Å². The molecule has 0 bridgehead atoms. The van der Waals surface area contributed by atoms with Crippen LogP contribution in [-0.4, -0.2) is 61.4 Å². The van der Waals surface area contributed by atoms with Gasteiger partial charge >= 0.3 is 0 Å². The van der Waals surface area contributed by atoms with Crippen molar-refractivity contribution in [2.24, 2.45) is 0 Å². The molecule has 2 aliphatic rings. The molecule has 1 aromatic carbocycles. The fourth-order valence-corrected chi connectivity index (χ4v) is 5.89. The Balaban J connectivity index is 1.29. The summed E-state index contributed by atoms with van der Waals surface area (Å²) in [4.78, 5) is 18.4. The Morgan fingerprint density at radius 3 is 2.75 bits per heavy atom. The minimum absolute atomic E-state index is 0.00296. The van der Waals surface area contributed by atoms with Gasteiger partial charge in [0.15, 0.2) is 15.8 Å². The number of rotatable bonds is 7. The largest absolute Gasteiger partial charge is 0.486 e. The maximum absolute atomic E-state index is 13.3. The van der Waals surface area contributed by atoms with Gasteiger partial charge in [-0.05, 0) is 23.6 Å². The molecule has 0 N–H and O–H groups in total. The Labute approximate surface area is 198 Å². The zero-order valence-corrected chi connectivity index (χ0v) is 19.7. The van der Waals surface area contributed by atoms with E-state index in [2.05, 4.69) is 15.1 Å². The first-order valence-electron chi connectivity index (χ1n) is 10.3. The van der Waals surface area contributed by atoms with Crippen molar-refractivity contribution < 1.29 is 19.0 Å². The first-order chi connectivity index (χ1) is 15.8. The summed E-state index contributed by atoms with van der Waals surface area (Å²) in [5.74, 6) is 1.66. The highest BCUT2D eigenvalue weighted by Crippen LogP contribution is 2.35. The smallest absolute Gasteiger partial charge is 0.237 e. The fraction of sp³-hybridized carbons (Fsp3) is 0.381. The van der Waals surface area contributed by atoms with E-state index in [-0.39, 0.29) is 11.7 Å². The Morgan fingerprint density at radius 2 is 1.94 bits per heavy atom. The van der Waals surface area contributed by atoms with Gasteiger partial charge in [0.25, 0.3) is 0 Å². The van der Waals surface area contributed by atoms with Crippen LogP contribution in [0.15, 0.2) is 40.1 Å². The van der Waals surface area contributed by atoms with Crippen LogP contribution in [-0.2, 0) is 16.1 Å². The lowest BCUT2D eigenvalue weighted by Crippen LogP contribution is -2.36. The molecule has 11 heteroatoms. The Kier molecular flexibility index (Phi) is 6.77. The predicted octanol–water partition coefficient (Wildman–Crippen LogP) is 3.53. The van der Waals surface area contributed by atoms with Crippen LogP contribution in [0.3, 0.4) is 0 Å². The summed E-state index contributed by atoms with van der Waals surface area (Å²) in [6, 6.07) is 9.69. The number of anilines is 2. The molecule has 0 saturated carbocycles. The highest BCUT2D eigenvalue weighted by atomic mass is 32.2. The van der Waals surface area contributed by atoms with Crippen molar-refractivity contribution in [3.63, 3.8) is 0 Å². The van der Waals surface area contributed by atoms with Crippen LogP contribution in [0.5, 0.6) is 11.5 Å². The molecule has 1 saturated heterocycles. The molecule has 168 valence electrons. The average molecular weight is 491 g/mol. The van der Waals surface area contributed by atoms with Crippen LogP contribution in [0.4, 0.5) is 10.8 Å². The molecule has 5 rings (SSSR count). The van der Waals surface area contributed by atoms with Crippen LogP contribution in [0, 0.1) is 0 Å². The molecular weight excluding hydrogens is 468 g/mol. The quantitative estimate of drug-likeness (QED) is 0.466. The van der Waals surface area contributed by atoms with Crippen molar-refractivity contribution in [3.8, 4) is 11.5 Å². The lowest BCUT2D eigenvalue weighted by Gasteiger charge is -2.25. The average Bonchev–Trinajstić information content (AvgIpc) is 3.54. The van der Waals surface area contributed by atoms with Gasteiger partial charge in [0.1, 0.15) is 13.2 Å². The Hall–Kier alpha value is -2.34. The summed E-state index contributed by atoms with van der Waals surface area (Å²) in [5.41, 5.74) is 0.791. The molecule has 0 aliphatic carbocycles. The number of hydrogen-bond donors (Lipinski definition) is 0. The second-order valence-electron chi connectivity index (χ2n) is 7.13. The lowest BCUT2D eigenvalue weighted by molar-refractivity contribution is -0.116. The number of carbonyl (C=O) groups is 1. The maximum Gasteiger partial charge on any atom is 0.237 e. The maximum atomic E-state index is 13.3. The summed E-state index contributed by atoms with van der Waals surface area (Å²) >= 11 is 4.57. The summed E-state index contributed by atoms with van der Waals surface area (Å²) in [5, 5.41) is 11.5. The third-order valence-electron chi connectivity index (χ3n) is 5.03. The molecule has 32 heavy (non-hydrogen) atoms. The van der Waals surface area contributed by atoms with E-state index < -0.39 is 0 Å². The molecule has 1 fully saturated rings. The molecule has 0 atom stereocenters. The number of thioether (sulfide) groups is 1. The van der Waals surface area contributed by atoms with Gasteiger partial charge < -0.3 is 24.0 Å². The first-order valence-corrected chi connectivity index (χ1v) is 13.0. The van der Waals surface area contributed by atoms with Crippen molar-refractivity contribution in [2.45, 2.75) is 10.9 Å². The van der Waals surface area contributed by atoms with Crippen molar-refractivity contribution in [3.05, 3.63) is 40.6 Å². The second kappa shape index (κ2) is 10.1. The molecule has 4 heterocycles. The Bertz CT molecular complexity index is 1050. The summed E-state index contributed by atoms with van der Waals surface area (Å²) in [7, 11) is 0. The minimum atomic E-state index is 0.00296. The number of aromatic nitrogens is 2. The van der Waals surface area contributed by atoms with Gasteiger partial charge in [-0.15, -0.1) is 21.5 Å². The molecule has 0 spiro atoms. The molecule has 2 aliphatic heterocycles. The van der Waals surface area contributed by atoms with Gasteiger partial charge in [-0.2, -0.15) is 0 Å². The van der Waals surface area contributed by atoms with E-state index in [0.717, 1.165) is 33.1 Å². The number of benzene rings is 1. The number of nitrogens with zero attached hydrogens (tertiary/aromatic N) is 4. The summed E-state index contributed by atoms with van der Waals surface area (Å²) in [6.07, 6.45) is 0. The Morgan fingerprint density at radius 1 is 1.09 bits per heavy atom. The van der Waals surface area contributed by atoms with E-state index in [0.29, 0.717) is 44.5 Å². The number of amides is 1. The van der Waals surface area contributed by atoms with Gasteiger partial charge in [-0.3, -0.25) is 4.79 Å². The van der Waals surface area contributed by atoms with Gasteiger partial charge in [-0.25, -0.2) is 0 Å². The van der Waals surface area contributed by atoms with Crippen molar-refractivity contribution in [1.82, 2.24) is 10.2 Å². The van der Waals surface area contributed by atoms with E-state index in [9.17, 15) is 4.79 Å². The van der Waals surface area contributed by atoms with Crippen LogP contribution in [0.25, 0.3) is 0 Å². The van der Waals surface area contributed by atoms with E-state index >= 15 is 0 Å². The monoisotopic (exact) mass is 490 g/mol.